The predicted molar refractivity (Wildman–Crippen MR) is 154 cm³/mol. The zero-order valence-electron chi connectivity index (χ0n) is 21.8. The van der Waals surface area contributed by atoms with Gasteiger partial charge >= 0.3 is 5.97 Å². The summed E-state index contributed by atoms with van der Waals surface area (Å²) in [6, 6.07) is 13.0. The number of anilines is 2. The lowest BCUT2D eigenvalue weighted by Gasteiger charge is -2.22. The highest BCUT2D eigenvalue weighted by Crippen LogP contribution is 2.27. The van der Waals surface area contributed by atoms with Crippen molar-refractivity contribution in [2.75, 3.05) is 11.1 Å². The fraction of sp³-hybridized carbons (Fsp3) is 0.414. The average molecular weight is 557 g/mol. The van der Waals surface area contributed by atoms with E-state index >= 15 is 0 Å². The van der Waals surface area contributed by atoms with Gasteiger partial charge in [-0.1, -0.05) is 61.3 Å². The van der Waals surface area contributed by atoms with Crippen LogP contribution in [0.25, 0.3) is 11.3 Å². The average Bonchev–Trinajstić information content (AvgIpc) is 3.40. The molecular weight excluding hydrogens is 521 g/mol. The molecule has 202 valence electrons. The number of benzene rings is 2. The van der Waals surface area contributed by atoms with Gasteiger partial charge in [-0.3, -0.25) is 4.79 Å². The van der Waals surface area contributed by atoms with Crippen LogP contribution >= 0.6 is 23.2 Å². The Bertz CT molecular complexity index is 1230. The summed E-state index contributed by atoms with van der Waals surface area (Å²) in [7, 11) is 0. The summed E-state index contributed by atoms with van der Waals surface area (Å²) < 4.78 is 5.79. The number of esters is 1. The Balaban J connectivity index is 1.44. The summed E-state index contributed by atoms with van der Waals surface area (Å²) in [5, 5.41) is 7.76. The van der Waals surface area contributed by atoms with E-state index in [4.69, 9.17) is 38.7 Å². The van der Waals surface area contributed by atoms with Crippen molar-refractivity contribution >= 4 is 40.8 Å². The van der Waals surface area contributed by atoms with Gasteiger partial charge in [-0.15, -0.1) is 0 Å². The van der Waals surface area contributed by atoms with E-state index in [1.165, 1.54) is 0 Å². The Morgan fingerprint density at radius 2 is 1.82 bits per heavy atom. The number of rotatable bonds is 11. The van der Waals surface area contributed by atoms with Crippen LogP contribution in [0.5, 0.6) is 0 Å². The molecule has 2 aromatic carbocycles. The van der Waals surface area contributed by atoms with Crippen molar-refractivity contribution in [3.8, 4) is 11.3 Å². The number of nitrogens with one attached hydrogen (secondary N) is 2. The molecule has 4 rings (SSSR count). The first-order chi connectivity index (χ1) is 18.3. The van der Waals surface area contributed by atoms with Gasteiger partial charge in [-0.2, -0.15) is 0 Å². The van der Waals surface area contributed by atoms with Crippen molar-refractivity contribution in [1.29, 1.82) is 0 Å². The lowest BCUT2D eigenvalue weighted by Crippen LogP contribution is -2.40. The summed E-state index contributed by atoms with van der Waals surface area (Å²) in [6.45, 7) is 5.12. The van der Waals surface area contributed by atoms with Gasteiger partial charge in [0, 0.05) is 34.3 Å². The molecule has 7 nitrogen and oxygen atoms in total. The van der Waals surface area contributed by atoms with Gasteiger partial charge in [0.2, 0.25) is 0 Å². The van der Waals surface area contributed by atoms with Crippen LogP contribution in [0.3, 0.4) is 0 Å². The van der Waals surface area contributed by atoms with Crippen molar-refractivity contribution < 1.29 is 9.53 Å². The molecule has 0 aliphatic heterocycles. The van der Waals surface area contributed by atoms with E-state index in [1.54, 1.807) is 24.4 Å². The molecule has 0 saturated heterocycles. The first-order valence-electron chi connectivity index (χ1n) is 13.1. The molecular formula is C29H35Cl2N5O2. The molecule has 38 heavy (non-hydrogen) atoms. The Morgan fingerprint density at radius 1 is 1.11 bits per heavy atom. The second-order valence-corrected chi connectivity index (χ2v) is 11.0. The van der Waals surface area contributed by atoms with Crippen LogP contribution in [0.4, 0.5) is 11.6 Å². The zero-order chi connectivity index (χ0) is 27.1. The highest BCUT2D eigenvalue weighted by atomic mass is 35.5. The number of halogens is 2. The summed E-state index contributed by atoms with van der Waals surface area (Å²) in [4.78, 5) is 21.9. The largest absolute Gasteiger partial charge is 0.461 e. The van der Waals surface area contributed by atoms with Crippen molar-refractivity contribution in [2.45, 2.75) is 71.2 Å². The number of carbonyl (C=O) groups is 1. The predicted octanol–water partition coefficient (Wildman–Crippen LogP) is 6.63. The number of aromatic nitrogens is 2. The number of carbonyl (C=O) groups excluding carboxylic acids is 1. The van der Waals surface area contributed by atoms with Gasteiger partial charge in [0.25, 0.3) is 0 Å². The standard InChI is InChI=1S/C29H35Cl2N5O2/c1-18(2)13-25(29(37)38-21-9-3-4-10-21)33-15-19-7-5-8-20(14-19)26-17-34-27(32)28(36-26)35-16-22-23(30)11-6-12-24(22)31/h5-8,11-12,14,17-18,21,25,33H,3-4,9-10,13,15-16H2,1-2H3,(H2,32,34)(H,35,36)/t25-/m1/s1. The molecule has 1 aliphatic carbocycles. The van der Waals surface area contributed by atoms with Crippen LogP contribution in [0.2, 0.25) is 10.0 Å². The van der Waals surface area contributed by atoms with Gasteiger partial charge in [-0.05, 0) is 61.8 Å². The van der Waals surface area contributed by atoms with Crippen LogP contribution in [-0.4, -0.2) is 28.1 Å². The molecule has 1 aromatic heterocycles. The molecule has 4 N–H and O–H groups in total. The third-order valence-corrected chi connectivity index (χ3v) is 7.36. The molecule has 0 unspecified atom stereocenters. The fourth-order valence-corrected chi connectivity index (χ4v) is 5.14. The third-order valence-electron chi connectivity index (χ3n) is 6.65. The molecule has 0 bridgehead atoms. The summed E-state index contributed by atoms with van der Waals surface area (Å²) in [5.41, 5.74) is 9.45. The second-order valence-electron chi connectivity index (χ2n) is 10.1. The highest BCUT2D eigenvalue weighted by molar-refractivity contribution is 6.36. The van der Waals surface area contributed by atoms with Crippen LogP contribution in [0.1, 0.15) is 57.1 Å². The molecule has 0 spiro atoms. The minimum atomic E-state index is -0.344. The smallest absolute Gasteiger partial charge is 0.323 e. The number of hydrogen-bond acceptors (Lipinski definition) is 7. The molecule has 1 aliphatic rings. The van der Waals surface area contributed by atoms with Gasteiger partial charge in [0.1, 0.15) is 12.1 Å². The quantitative estimate of drug-likeness (QED) is 0.228. The Morgan fingerprint density at radius 3 is 2.53 bits per heavy atom. The van der Waals surface area contributed by atoms with Crippen molar-refractivity contribution in [3.63, 3.8) is 0 Å². The molecule has 1 saturated carbocycles. The van der Waals surface area contributed by atoms with Crippen molar-refractivity contribution in [2.24, 2.45) is 5.92 Å². The second kappa shape index (κ2) is 13.3. The third kappa shape index (κ3) is 7.59. The Labute approximate surface area is 234 Å². The minimum Gasteiger partial charge on any atom is -0.461 e. The topological polar surface area (TPSA) is 102 Å². The summed E-state index contributed by atoms with van der Waals surface area (Å²) >= 11 is 12.6. The monoisotopic (exact) mass is 555 g/mol. The van der Waals surface area contributed by atoms with Gasteiger partial charge in [-0.25, -0.2) is 9.97 Å². The summed E-state index contributed by atoms with van der Waals surface area (Å²) in [6.07, 6.45) is 6.62. The van der Waals surface area contributed by atoms with Gasteiger partial charge < -0.3 is 21.1 Å². The number of hydrogen-bond donors (Lipinski definition) is 3. The maximum Gasteiger partial charge on any atom is 0.323 e. The first kappa shape index (κ1) is 28.1. The molecule has 3 aromatic rings. The maximum atomic E-state index is 12.9. The van der Waals surface area contributed by atoms with E-state index in [1.807, 2.05) is 24.3 Å². The van der Waals surface area contributed by atoms with Crippen molar-refractivity contribution in [3.05, 3.63) is 69.8 Å². The normalized spacial score (nSPS) is 14.6. The zero-order valence-corrected chi connectivity index (χ0v) is 23.4. The van der Waals surface area contributed by atoms with E-state index in [2.05, 4.69) is 29.5 Å². The molecule has 1 fully saturated rings. The summed E-state index contributed by atoms with van der Waals surface area (Å²) in [5.74, 6) is 0.952. The van der Waals surface area contributed by atoms with Gasteiger partial charge in [0.05, 0.1) is 11.9 Å². The minimum absolute atomic E-state index is 0.0585. The number of nitrogens with two attached hydrogens (primary N) is 1. The van der Waals surface area contributed by atoms with Gasteiger partial charge in [0.15, 0.2) is 11.6 Å². The first-order valence-corrected chi connectivity index (χ1v) is 13.9. The molecule has 1 heterocycles. The number of nitrogens with zero attached hydrogens (tertiary/aromatic N) is 2. The fourth-order valence-electron chi connectivity index (χ4n) is 4.61. The lowest BCUT2D eigenvalue weighted by molar-refractivity contribution is -0.151. The Kier molecular flexibility index (Phi) is 9.83. The van der Waals surface area contributed by atoms with E-state index < -0.39 is 0 Å². The molecule has 1 atom stereocenters. The lowest BCUT2D eigenvalue weighted by atomic mass is 10.0. The highest BCUT2D eigenvalue weighted by Gasteiger charge is 2.26. The molecule has 0 radical (unpaired) electrons. The Hall–Kier alpha value is -2.87. The maximum absolute atomic E-state index is 12.9. The van der Waals surface area contributed by atoms with E-state index in [-0.39, 0.29) is 23.9 Å². The van der Waals surface area contributed by atoms with E-state index in [0.29, 0.717) is 40.6 Å². The van der Waals surface area contributed by atoms with Crippen LogP contribution in [0.15, 0.2) is 48.7 Å². The number of ether oxygens (including phenoxy) is 1. The SMILES string of the molecule is CC(C)C[C@@H](NCc1cccc(-c2cnc(N)c(NCc3c(Cl)cccc3Cl)n2)c1)C(=O)OC1CCCC1. The molecule has 9 heteroatoms. The van der Waals surface area contributed by atoms with E-state index in [0.717, 1.165) is 48.8 Å². The van der Waals surface area contributed by atoms with E-state index in [9.17, 15) is 4.79 Å². The number of nitrogen functional groups attached to an aromatic ring is 1. The van der Waals surface area contributed by atoms with Crippen LogP contribution in [0, 0.1) is 5.92 Å². The van der Waals surface area contributed by atoms with Crippen LogP contribution < -0.4 is 16.4 Å². The van der Waals surface area contributed by atoms with Crippen LogP contribution in [-0.2, 0) is 22.6 Å². The van der Waals surface area contributed by atoms with Crippen molar-refractivity contribution in [1.82, 2.24) is 15.3 Å². The molecule has 0 amide bonds.